The largest absolute Gasteiger partial charge is 0.387 e. The molecule has 0 spiro atoms. The van der Waals surface area contributed by atoms with Crippen molar-refractivity contribution in [2.75, 3.05) is 18.8 Å². The van der Waals surface area contributed by atoms with Gasteiger partial charge in [-0.3, -0.25) is 4.57 Å². The first-order valence-corrected chi connectivity index (χ1v) is 8.59. The maximum Gasteiger partial charge on any atom is 0.351 e. The van der Waals surface area contributed by atoms with E-state index in [9.17, 15) is 14.3 Å². The Bertz CT molecular complexity index is 605. The molecule has 3 rings (SSSR count). The van der Waals surface area contributed by atoms with Gasteiger partial charge in [-0.05, 0) is 31.4 Å². The van der Waals surface area contributed by atoms with Crippen molar-refractivity contribution < 1.29 is 14.2 Å². The molecule has 8 heteroatoms. The lowest BCUT2D eigenvalue weighted by atomic mass is 9.89. The minimum atomic E-state index is -1.69. The molecule has 4 N–H and O–H groups in total. The van der Waals surface area contributed by atoms with Crippen LogP contribution in [0.2, 0.25) is 0 Å². The van der Waals surface area contributed by atoms with Gasteiger partial charge < -0.3 is 20.9 Å². The van der Waals surface area contributed by atoms with Crippen molar-refractivity contribution >= 4 is 5.82 Å². The van der Waals surface area contributed by atoms with Gasteiger partial charge in [0.25, 0.3) is 0 Å². The van der Waals surface area contributed by atoms with Crippen molar-refractivity contribution in [3.63, 3.8) is 0 Å². The molecule has 0 amide bonds. The molecule has 0 bridgehead atoms. The molecule has 1 aliphatic carbocycles. The highest BCUT2D eigenvalue weighted by Gasteiger charge is 2.45. The van der Waals surface area contributed by atoms with Crippen LogP contribution in [0, 0.1) is 5.92 Å². The molecular weight excluding hydrogens is 315 g/mol. The normalized spacial score (nSPS) is 31.4. The number of ether oxygens (including phenoxy) is 1. The van der Waals surface area contributed by atoms with Crippen molar-refractivity contribution in [1.82, 2.24) is 14.9 Å². The zero-order chi connectivity index (χ0) is 17.1. The van der Waals surface area contributed by atoms with E-state index in [2.05, 4.69) is 10.3 Å². The quantitative estimate of drug-likeness (QED) is 0.725. The molecule has 0 aromatic carbocycles. The van der Waals surface area contributed by atoms with Gasteiger partial charge in [0.15, 0.2) is 12.4 Å². The Hall–Kier alpha value is -1.51. The van der Waals surface area contributed by atoms with Crippen molar-refractivity contribution in [2.24, 2.45) is 5.92 Å². The van der Waals surface area contributed by atoms with E-state index in [1.165, 1.54) is 44.4 Å². The van der Waals surface area contributed by atoms with Crippen molar-refractivity contribution in [2.45, 2.75) is 56.7 Å². The van der Waals surface area contributed by atoms with E-state index < -0.39 is 30.3 Å². The lowest BCUT2D eigenvalue weighted by Crippen LogP contribution is -2.38. The number of anilines is 1. The second kappa shape index (κ2) is 7.58. The Morgan fingerprint density at radius 2 is 2.12 bits per heavy atom. The summed E-state index contributed by atoms with van der Waals surface area (Å²) in [5, 5.41) is 13.3. The van der Waals surface area contributed by atoms with Gasteiger partial charge >= 0.3 is 5.69 Å². The van der Waals surface area contributed by atoms with E-state index in [0.717, 1.165) is 11.1 Å². The Kier molecular flexibility index (Phi) is 5.47. The number of nitrogens with two attached hydrogens (primary N) is 1. The van der Waals surface area contributed by atoms with Crippen LogP contribution in [0.3, 0.4) is 0 Å². The van der Waals surface area contributed by atoms with Crippen LogP contribution in [0.25, 0.3) is 0 Å². The Labute approximate surface area is 140 Å². The third kappa shape index (κ3) is 3.76. The summed E-state index contributed by atoms with van der Waals surface area (Å²) in [4.78, 5) is 15.4. The standard InChI is InChI=1S/C16H25FN4O3/c17-13-14(22)11(9-19-8-10-4-2-1-3-5-10)24-15(13)21-7-6-12(18)20-16(21)23/h6-7,10-11,13-15,19,22H,1-5,8-9H2,(H2,18,20,23)/t11-,13+,14-,15-/m1/s1. The molecule has 4 atom stereocenters. The van der Waals surface area contributed by atoms with Gasteiger partial charge in [0.2, 0.25) is 0 Å². The van der Waals surface area contributed by atoms with Gasteiger partial charge in [-0.2, -0.15) is 4.98 Å². The van der Waals surface area contributed by atoms with Crippen molar-refractivity contribution in [3.8, 4) is 0 Å². The Morgan fingerprint density at radius 1 is 1.38 bits per heavy atom. The number of halogens is 1. The summed E-state index contributed by atoms with van der Waals surface area (Å²) in [6.45, 7) is 1.20. The smallest absolute Gasteiger partial charge is 0.351 e. The van der Waals surface area contributed by atoms with Crippen LogP contribution in [0.4, 0.5) is 10.2 Å². The van der Waals surface area contributed by atoms with Gasteiger partial charge in [-0.15, -0.1) is 0 Å². The molecule has 1 saturated carbocycles. The predicted molar refractivity (Wildman–Crippen MR) is 87.2 cm³/mol. The second-order valence-electron chi connectivity index (χ2n) is 6.70. The van der Waals surface area contributed by atoms with Gasteiger partial charge in [-0.25, -0.2) is 9.18 Å². The summed E-state index contributed by atoms with van der Waals surface area (Å²) in [5.74, 6) is 0.703. The van der Waals surface area contributed by atoms with Crippen molar-refractivity contribution in [1.29, 1.82) is 0 Å². The van der Waals surface area contributed by atoms with Crippen molar-refractivity contribution in [3.05, 3.63) is 22.7 Å². The number of rotatable bonds is 5. The van der Waals surface area contributed by atoms with E-state index in [4.69, 9.17) is 10.5 Å². The Balaban J connectivity index is 1.57. The molecule has 2 heterocycles. The molecule has 2 aliphatic rings. The fourth-order valence-electron chi connectivity index (χ4n) is 3.54. The average Bonchev–Trinajstić information content (AvgIpc) is 2.84. The molecule has 2 fully saturated rings. The van der Waals surface area contributed by atoms with Gasteiger partial charge in [0.1, 0.15) is 18.0 Å². The molecule has 1 aromatic heterocycles. The number of aliphatic hydroxyl groups is 1. The molecule has 134 valence electrons. The highest BCUT2D eigenvalue weighted by Crippen LogP contribution is 2.31. The van der Waals surface area contributed by atoms with Crippen LogP contribution >= 0.6 is 0 Å². The molecule has 0 radical (unpaired) electrons. The van der Waals surface area contributed by atoms with Gasteiger partial charge in [0, 0.05) is 12.7 Å². The summed E-state index contributed by atoms with van der Waals surface area (Å²) in [5.41, 5.74) is 4.74. The number of hydrogen-bond donors (Lipinski definition) is 3. The topological polar surface area (TPSA) is 102 Å². The highest BCUT2D eigenvalue weighted by atomic mass is 19.1. The van der Waals surface area contributed by atoms with Crippen LogP contribution in [-0.4, -0.2) is 46.1 Å². The lowest BCUT2D eigenvalue weighted by Gasteiger charge is -2.23. The van der Waals surface area contributed by atoms with Gasteiger partial charge in [-0.1, -0.05) is 19.3 Å². The fourth-order valence-corrected chi connectivity index (χ4v) is 3.54. The minimum absolute atomic E-state index is 0.0657. The zero-order valence-corrected chi connectivity index (χ0v) is 13.6. The number of nitrogens with zero attached hydrogens (tertiary/aromatic N) is 2. The summed E-state index contributed by atoms with van der Waals surface area (Å²) in [6, 6.07) is 1.40. The third-order valence-corrected chi connectivity index (χ3v) is 4.92. The lowest BCUT2D eigenvalue weighted by molar-refractivity contribution is -0.0261. The number of alkyl halides is 1. The number of aliphatic hydroxyl groups excluding tert-OH is 1. The van der Waals surface area contributed by atoms with Crippen LogP contribution < -0.4 is 16.7 Å². The second-order valence-corrected chi connectivity index (χ2v) is 6.70. The maximum absolute atomic E-state index is 14.4. The van der Waals surface area contributed by atoms with Crippen LogP contribution in [-0.2, 0) is 4.74 Å². The highest BCUT2D eigenvalue weighted by molar-refractivity contribution is 5.23. The van der Waals surface area contributed by atoms with Crippen LogP contribution in [0.5, 0.6) is 0 Å². The minimum Gasteiger partial charge on any atom is -0.387 e. The summed E-state index contributed by atoms with van der Waals surface area (Å²) < 4.78 is 21.0. The zero-order valence-electron chi connectivity index (χ0n) is 13.6. The third-order valence-electron chi connectivity index (χ3n) is 4.92. The average molecular weight is 340 g/mol. The van der Waals surface area contributed by atoms with E-state index in [1.807, 2.05) is 0 Å². The number of nitrogens with one attached hydrogen (secondary N) is 1. The molecule has 24 heavy (non-hydrogen) atoms. The van der Waals surface area contributed by atoms with E-state index in [0.29, 0.717) is 12.5 Å². The first-order valence-electron chi connectivity index (χ1n) is 8.59. The summed E-state index contributed by atoms with van der Waals surface area (Å²) >= 11 is 0. The molecule has 1 aromatic rings. The number of aromatic nitrogens is 2. The fraction of sp³-hybridized carbons (Fsp3) is 0.750. The first-order chi connectivity index (χ1) is 11.6. The predicted octanol–water partition coefficient (Wildman–Crippen LogP) is 0.592. The SMILES string of the molecule is Nc1ccn([C@@H]2O[C@H](CNCC3CCCCC3)[C@@H](O)[C@@H]2F)c(=O)n1. The first kappa shape index (κ1) is 17.3. The molecular formula is C16H25FN4O3. The Morgan fingerprint density at radius 3 is 2.83 bits per heavy atom. The van der Waals surface area contributed by atoms with E-state index in [-0.39, 0.29) is 5.82 Å². The van der Waals surface area contributed by atoms with E-state index >= 15 is 0 Å². The molecule has 1 aliphatic heterocycles. The van der Waals surface area contributed by atoms with Crippen LogP contribution in [0.1, 0.15) is 38.3 Å². The summed E-state index contributed by atoms with van der Waals surface area (Å²) in [6.07, 6.45) is 2.74. The number of hydrogen-bond acceptors (Lipinski definition) is 6. The molecule has 7 nitrogen and oxygen atoms in total. The van der Waals surface area contributed by atoms with Gasteiger partial charge in [0.05, 0.1) is 0 Å². The molecule has 0 unspecified atom stereocenters. The monoisotopic (exact) mass is 340 g/mol. The molecule has 1 saturated heterocycles. The summed E-state index contributed by atoms with van der Waals surface area (Å²) in [7, 11) is 0. The van der Waals surface area contributed by atoms with E-state index in [1.54, 1.807) is 0 Å². The maximum atomic E-state index is 14.4. The van der Waals surface area contributed by atoms with Crippen LogP contribution in [0.15, 0.2) is 17.1 Å². The number of nitrogen functional groups attached to an aromatic ring is 1.